The van der Waals surface area contributed by atoms with Crippen molar-refractivity contribution in [2.24, 2.45) is 0 Å². The molecule has 0 aliphatic carbocycles. The van der Waals surface area contributed by atoms with Crippen LogP contribution in [-0.4, -0.2) is 27.0 Å². The normalized spacial score (nSPS) is 16.0. The van der Waals surface area contributed by atoms with Gasteiger partial charge in [0.15, 0.2) is 11.5 Å². The zero-order valence-corrected chi connectivity index (χ0v) is 15.7. The highest BCUT2D eigenvalue weighted by atomic mass is 35.5. The van der Waals surface area contributed by atoms with Crippen LogP contribution in [0.1, 0.15) is 23.0 Å². The van der Waals surface area contributed by atoms with Crippen molar-refractivity contribution in [3.05, 3.63) is 70.5 Å². The summed E-state index contributed by atoms with van der Waals surface area (Å²) in [5.41, 5.74) is 1.76. The summed E-state index contributed by atoms with van der Waals surface area (Å²) in [5.74, 6) is -1.21. The Labute approximate surface area is 168 Å². The zero-order valence-electron chi connectivity index (χ0n) is 14.9. The molecule has 1 atom stereocenters. The highest BCUT2D eigenvalue weighted by Crippen LogP contribution is 2.38. The Morgan fingerprint density at radius 2 is 1.90 bits per heavy atom. The van der Waals surface area contributed by atoms with Gasteiger partial charge in [-0.05, 0) is 41.5 Å². The molecule has 0 spiro atoms. The van der Waals surface area contributed by atoms with Crippen molar-refractivity contribution >= 4 is 23.2 Å². The van der Waals surface area contributed by atoms with Crippen LogP contribution >= 0.6 is 11.6 Å². The number of anilines is 1. The number of phenols is 1. The third kappa shape index (κ3) is 3.61. The van der Waals surface area contributed by atoms with Crippen LogP contribution in [0.15, 0.2) is 48.5 Å². The Morgan fingerprint density at radius 1 is 1.17 bits per heavy atom. The molecule has 1 aromatic heterocycles. The third-order valence-corrected chi connectivity index (χ3v) is 4.67. The number of rotatable bonds is 3. The topological polar surface area (TPSA) is 72.2 Å². The van der Waals surface area contributed by atoms with Crippen LogP contribution in [0.5, 0.6) is 11.5 Å². The Balaban J connectivity index is 1.84. The van der Waals surface area contributed by atoms with E-state index in [4.69, 9.17) is 16.3 Å². The molecule has 29 heavy (non-hydrogen) atoms. The van der Waals surface area contributed by atoms with Crippen LogP contribution in [-0.2, 0) is 6.18 Å². The van der Waals surface area contributed by atoms with Gasteiger partial charge in [-0.15, -0.1) is 5.10 Å². The highest BCUT2D eigenvalue weighted by Gasteiger charge is 2.39. The number of methoxy groups -OCH3 is 1. The quantitative estimate of drug-likeness (QED) is 0.639. The predicted molar refractivity (Wildman–Crippen MR) is 101 cm³/mol. The first-order chi connectivity index (χ1) is 13.8. The van der Waals surface area contributed by atoms with E-state index in [0.29, 0.717) is 21.8 Å². The van der Waals surface area contributed by atoms with Crippen LogP contribution in [0.3, 0.4) is 0 Å². The predicted octanol–water partition coefficient (Wildman–Crippen LogP) is 4.72. The van der Waals surface area contributed by atoms with Gasteiger partial charge in [-0.1, -0.05) is 29.8 Å². The lowest BCUT2D eigenvalue weighted by molar-refractivity contribution is -0.145. The third-order valence-electron chi connectivity index (χ3n) is 4.42. The molecule has 10 heteroatoms. The number of ether oxygens (including phenoxy) is 1. The summed E-state index contributed by atoms with van der Waals surface area (Å²) in [7, 11) is 1.41. The van der Waals surface area contributed by atoms with Gasteiger partial charge < -0.3 is 15.2 Å². The monoisotopic (exact) mass is 422 g/mol. The molecule has 1 unspecified atom stereocenters. The lowest BCUT2D eigenvalue weighted by atomic mass is 10.0. The van der Waals surface area contributed by atoms with Gasteiger partial charge in [-0.2, -0.15) is 18.2 Å². The minimum Gasteiger partial charge on any atom is -0.504 e. The largest absolute Gasteiger partial charge is 0.504 e. The maximum atomic E-state index is 13.2. The Hall–Kier alpha value is -3.20. The van der Waals surface area contributed by atoms with E-state index < -0.39 is 18.0 Å². The van der Waals surface area contributed by atoms with Gasteiger partial charge in [-0.25, -0.2) is 4.68 Å². The first-order valence-electron chi connectivity index (χ1n) is 8.41. The van der Waals surface area contributed by atoms with Crippen LogP contribution in [0.4, 0.5) is 19.1 Å². The van der Waals surface area contributed by atoms with Gasteiger partial charge in [0.2, 0.25) is 5.95 Å². The summed E-state index contributed by atoms with van der Waals surface area (Å²) in [6.07, 6.45) is -2.99. The lowest BCUT2D eigenvalue weighted by Gasteiger charge is -2.24. The van der Waals surface area contributed by atoms with E-state index in [9.17, 15) is 18.3 Å². The number of hydrogen-bond donors (Lipinski definition) is 2. The number of halogens is 4. The van der Waals surface area contributed by atoms with Gasteiger partial charge in [0.05, 0.1) is 7.11 Å². The number of phenolic OH excluding ortho intramolecular Hbond substituents is 1. The second-order valence-electron chi connectivity index (χ2n) is 6.29. The number of nitrogens with zero attached hydrogens (tertiary/aromatic N) is 3. The summed E-state index contributed by atoms with van der Waals surface area (Å²) >= 11 is 5.92. The van der Waals surface area contributed by atoms with Gasteiger partial charge >= 0.3 is 6.18 Å². The van der Waals surface area contributed by atoms with E-state index in [0.717, 1.165) is 4.68 Å². The Bertz CT molecular complexity index is 1090. The van der Waals surface area contributed by atoms with E-state index in [2.05, 4.69) is 15.4 Å². The summed E-state index contributed by atoms with van der Waals surface area (Å²) in [5, 5.41) is 17.2. The molecule has 2 aromatic carbocycles. The molecule has 2 heterocycles. The van der Waals surface area contributed by atoms with Crippen LogP contribution in [0.2, 0.25) is 5.02 Å². The average Bonchev–Trinajstić information content (AvgIpc) is 3.12. The van der Waals surface area contributed by atoms with Gasteiger partial charge in [0, 0.05) is 10.7 Å². The maximum absolute atomic E-state index is 13.2. The summed E-state index contributed by atoms with van der Waals surface area (Å²) in [4.78, 5) is 3.61. The van der Waals surface area contributed by atoms with Crippen LogP contribution in [0, 0.1) is 0 Å². The SMILES string of the molecule is COc1ccc(C2C=C(c3ccc(Cl)cc3)Nc3nc(C(F)(F)F)nn32)cc1O. The van der Waals surface area contributed by atoms with E-state index in [1.807, 2.05) is 0 Å². The van der Waals surface area contributed by atoms with E-state index in [-0.39, 0.29) is 17.4 Å². The molecule has 3 aromatic rings. The second-order valence-corrected chi connectivity index (χ2v) is 6.73. The number of allylic oxidation sites excluding steroid dienone is 1. The van der Waals surface area contributed by atoms with Crippen LogP contribution < -0.4 is 10.1 Å². The molecule has 0 radical (unpaired) electrons. The number of fused-ring (bicyclic) bond motifs is 1. The number of benzene rings is 2. The molecule has 0 bridgehead atoms. The Kier molecular flexibility index (Phi) is 4.62. The molecular weight excluding hydrogens is 409 g/mol. The fraction of sp³-hybridized carbons (Fsp3) is 0.158. The first kappa shape index (κ1) is 19.1. The highest BCUT2D eigenvalue weighted by molar-refractivity contribution is 6.30. The standard InChI is InChI=1S/C19H14ClF3N4O2/c1-29-16-7-4-11(8-15(16)28)14-9-13(10-2-5-12(20)6-3-10)24-18-25-17(19(21,22)23)26-27(14)18/h2-9,14,28H,1H3,(H,24,25,26). The van der Waals surface area contributed by atoms with E-state index in [1.54, 1.807) is 36.4 Å². The van der Waals surface area contributed by atoms with Crippen molar-refractivity contribution in [3.8, 4) is 11.5 Å². The minimum atomic E-state index is -4.70. The second kappa shape index (κ2) is 7.00. The van der Waals surface area contributed by atoms with E-state index in [1.165, 1.54) is 19.2 Å². The summed E-state index contributed by atoms with van der Waals surface area (Å²) in [6, 6.07) is 10.7. The number of aromatic nitrogens is 3. The molecule has 1 aliphatic rings. The van der Waals surface area contributed by atoms with Gasteiger partial charge in [-0.3, -0.25) is 0 Å². The number of hydrogen-bond acceptors (Lipinski definition) is 5. The molecule has 0 amide bonds. The number of aromatic hydroxyl groups is 1. The van der Waals surface area contributed by atoms with Crippen molar-refractivity contribution in [1.82, 2.24) is 14.8 Å². The van der Waals surface area contributed by atoms with Gasteiger partial charge in [0.1, 0.15) is 6.04 Å². The van der Waals surface area contributed by atoms with Crippen molar-refractivity contribution in [1.29, 1.82) is 0 Å². The molecule has 4 rings (SSSR count). The fourth-order valence-electron chi connectivity index (χ4n) is 3.04. The zero-order chi connectivity index (χ0) is 20.8. The molecule has 150 valence electrons. The smallest absolute Gasteiger partial charge is 0.453 e. The molecule has 6 nitrogen and oxygen atoms in total. The van der Waals surface area contributed by atoms with Gasteiger partial charge in [0.25, 0.3) is 5.82 Å². The molecule has 1 aliphatic heterocycles. The average molecular weight is 423 g/mol. The molecule has 0 fully saturated rings. The van der Waals surface area contributed by atoms with Crippen molar-refractivity contribution in [2.45, 2.75) is 12.2 Å². The summed E-state index contributed by atoms with van der Waals surface area (Å²) in [6.45, 7) is 0. The summed E-state index contributed by atoms with van der Waals surface area (Å²) < 4.78 is 45.7. The number of alkyl halides is 3. The van der Waals surface area contributed by atoms with E-state index >= 15 is 0 Å². The minimum absolute atomic E-state index is 0.0647. The molecule has 0 saturated carbocycles. The van der Waals surface area contributed by atoms with Crippen molar-refractivity contribution < 1.29 is 23.0 Å². The fourth-order valence-corrected chi connectivity index (χ4v) is 3.17. The Morgan fingerprint density at radius 3 is 2.52 bits per heavy atom. The molecule has 2 N–H and O–H groups in total. The number of nitrogens with one attached hydrogen (secondary N) is 1. The molecule has 0 saturated heterocycles. The molecular formula is C19H14ClF3N4O2. The first-order valence-corrected chi connectivity index (χ1v) is 8.79. The van der Waals surface area contributed by atoms with Crippen LogP contribution in [0.25, 0.3) is 5.70 Å². The lowest BCUT2D eigenvalue weighted by Crippen LogP contribution is -2.20. The van der Waals surface area contributed by atoms with Crippen molar-refractivity contribution in [2.75, 3.05) is 12.4 Å². The maximum Gasteiger partial charge on any atom is 0.453 e. The van der Waals surface area contributed by atoms with Crippen molar-refractivity contribution in [3.63, 3.8) is 0 Å².